The Kier molecular flexibility index (Phi) is 3.34. The van der Waals surface area contributed by atoms with E-state index in [0.717, 1.165) is 12.0 Å². The molecule has 1 atom stereocenters. The van der Waals surface area contributed by atoms with E-state index in [1.807, 2.05) is 18.4 Å². The SMILES string of the molecule is CC1c2ccsc2CCN1S(=O)(=O)CCO. The predicted octanol–water partition coefficient (Wildman–Crippen LogP) is 0.989. The minimum absolute atomic E-state index is 0.105. The van der Waals surface area contributed by atoms with Gasteiger partial charge in [0, 0.05) is 17.5 Å². The van der Waals surface area contributed by atoms with Crippen LogP contribution in [0, 0.1) is 0 Å². The fourth-order valence-corrected chi connectivity index (χ4v) is 4.49. The van der Waals surface area contributed by atoms with Crippen LogP contribution in [0.4, 0.5) is 0 Å². The second-order valence-corrected chi connectivity index (χ2v) is 6.92. The number of aliphatic hydroxyl groups is 1. The molecule has 0 fully saturated rings. The van der Waals surface area contributed by atoms with Crippen LogP contribution in [0.2, 0.25) is 0 Å². The molecule has 0 saturated heterocycles. The highest BCUT2D eigenvalue weighted by molar-refractivity contribution is 7.89. The van der Waals surface area contributed by atoms with Crippen LogP contribution in [-0.4, -0.2) is 36.7 Å². The first kappa shape index (κ1) is 12.0. The number of sulfonamides is 1. The van der Waals surface area contributed by atoms with Gasteiger partial charge in [-0.1, -0.05) is 0 Å². The van der Waals surface area contributed by atoms with Crippen molar-refractivity contribution >= 4 is 21.4 Å². The summed E-state index contributed by atoms with van der Waals surface area (Å²) in [5.74, 6) is -0.184. The van der Waals surface area contributed by atoms with Crippen LogP contribution in [0.25, 0.3) is 0 Å². The Morgan fingerprint density at radius 2 is 2.38 bits per heavy atom. The van der Waals surface area contributed by atoms with Gasteiger partial charge >= 0.3 is 0 Å². The van der Waals surface area contributed by atoms with Gasteiger partial charge in [0.25, 0.3) is 0 Å². The molecule has 0 bridgehead atoms. The number of hydrogen-bond acceptors (Lipinski definition) is 4. The smallest absolute Gasteiger partial charge is 0.216 e. The Labute approximate surface area is 99.6 Å². The van der Waals surface area contributed by atoms with E-state index in [-0.39, 0.29) is 18.4 Å². The molecule has 16 heavy (non-hydrogen) atoms. The largest absolute Gasteiger partial charge is 0.395 e. The predicted molar refractivity (Wildman–Crippen MR) is 64.0 cm³/mol. The molecule has 90 valence electrons. The van der Waals surface area contributed by atoms with Gasteiger partial charge in [0.1, 0.15) is 0 Å². The van der Waals surface area contributed by atoms with Gasteiger partial charge < -0.3 is 5.11 Å². The third-order valence-corrected chi connectivity index (χ3v) is 5.84. The maximum atomic E-state index is 11.9. The highest BCUT2D eigenvalue weighted by Gasteiger charge is 2.32. The van der Waals surface area contributed by atoms with E-state index in [4.69, 9.17) is 5.11 Å². The van der Waals surface area contributed by atoms with Crippen molar-refractivity contribution in [3.05, 3.63) is 21.9 Å². The molecule has 1 unspecified atom stereocenters. The number of hydrogen-bond donors (Lipinski definition) is 1. The lowest BCUT2D eigenvalue weighted by molar-refractivity contribution is 0.300. The monoisotopic (exact) mass is 261 g/mol. The lowest BCUT2D eigenvalue weighted by Gasteiger charge is -2.32. The summed E-state index contributed by atoms with van der Waals surface area (Å²) in [6, 6.07) is 1.89. The summed E-state index contributed by atoms with van der Waals surface area (Å²) in [7, 11) is -3.32. The van der Waals surface area contributed by atoms with E-state index < -0.39 is 10.0 Å². The van der Waals surface area contributed by atoms with Crippen molar-refractivity contribution in [2.45, 2.75) is 19.4 Å². The Morgan fingerprint density at radius 1 is 1.62 bits per heavy atom. The summed E-state index contributed by atoms with van der Waals surface area (Å²) in [4.78, 5) is 1.28. The number of nitrogens with zero attached hydrogens (tertiary/aromatic N) is 1. The lowest BCUT2D eigenvalue weighted by Crippen LogP contribution is -2.40. The summed E-state index contributed by atoms with van der Waals surface area (Å²) in [5, 5.41) is 10.8. The highest BCUT2D eigenvalue weighted by atomic mass is 32.2. The van der Waals surface area contributed by atoms with Gasteiger partial charge in [-0.2, -0.15) is 4.31 Å². The Morgan fingerprint density at radius 3 is 3.06 bits per heavy atom. The van der Waals surface area contributed by atoms with Gasteiger partial charge in [-0.3, -0.25) is 0 Å². The van der Waals surface area contributed by atoms with E-state index in [2.05, 4.69) is 0 Å². The molecule has 1 aliphatic rings. The van der Waals surface area contributed by atoms with Gasteiger partial charge in [0.15, 0.2) is 0 Å². The summed E-state index contributed by atoms with van der Waals surface area (Å²) in [5.41, 5.74) is 1.11. The molecule has 0 spiro atoms. The van der Waals surface area contributed by atoms with Crippen molar-refractivity contribution in [1.82, 2.24) is 4.31 Å². The van der Waals surface area contributed by atoms with Crippen LogP contribution in [0.15, 0.2) is 11.4 Å². The number of fused-ring (bicyclic) bond motifs is 1. The first-order valence-electron chi connectivity index (χ1n) is 5.23. The van der Waals surface area contributed by atoms with Crippen molar-refractivity contribution in [2.24, 2.45) is 0 Å². The summed E-state index contributed by atoms with van der Waals surface area (Å²) in [6.45, 7) is 2.11. The van der Waals surface area contributed by atoms with Crippen molar-refractivity contribution in [1.29, 1.82) is 0 Å². The molecule has 2 heterocycles. The molecule has 1 aromatic heterocycles. The fourth-order valence-electron chi connectivity index (χ4n) is 2.10. The molecule has 0 saturated carbocycles. The molecule has 1 aromatic rings. The fraction of sp³-hybridized carbons (Fsp3) is 0.600. The van der Waals surface area contributed by atoms with E-state index in [9.17, 15) is 8.42 Å². The van der Waals surface area contributed by atoms with Crippen LogP contribution >= 0.6 is 11.3 Å². The standard InChI is InChI=1S/C10H15NO3S2/c1-8-9-3-6-15-10(9)2-4-11(8)16(13,14)7-5-12/h3,6,8,12H,2,4-5,7H2,1H3. The molecule has 0 amide bonds. The maximum Gasteiger partial charge on any atom is 0.216 e. The van der Waals surface area contributed by atoms with Gasteiger partial charge in [-0.05, 0) is 30.4 Å². The Balaban J connectivity index is 2.28. The second-order valence-electron chi connectivity index (χ2n) is 3.88. The van der Waals surface area contributed by atoms with E-state index >= 15 is 0 Å². The van der Waals surface area contributed by atoms with Crippen LogP contribution in [-0.2, 0) is 16.4 Å². The average molecular weight is 261 g/mol. The van der Waals surface area contributed by atoms with Gasteiger partial charge in [-0.15, -0.1) is 11.3 Å². The summed E-state index contributed by atoms with van der Waals surface area (Å²) in [6.07, 6.45) is 0.780. The number of rotatable bonds is 3. The van der Waals surface area contributed by atoms with Crippen molar-refractivity contribution in [3.63, 3.8) is 0 Å². The first-order chi connectivity index (χ1) is 7.56. The summed E-state index contributed by atoms with van der Waals surface area (Å²) < 4.78 is 25.3. The molecule has 1 N–H and O–H groups in total. The molecule has 0 aromatic carbocycles. The molecule has 0 radical (unpaired) electrons. The van der Waals surface area contributed by atoms with Crippen molar-refractivity contribution in [3.8, 4) is 0 Å². The summed E-state index contributed by atoms with van der Waals surface area (Å²) >= 11 is 1.68. The number of aliphatic hydroxyl groups excluding tert-OH is 1. The van der Waals surface area contributed by atoms with E-state index in [0.29, 0.717) is 6.54 Å². The molecular weight excluding hydrogens is 246 g/mol. The molecule has 2 rings (SSSR count). The van der Waals surface area contributed by atoms with Gasteiger partial charge in [0.05, 0.1) is 12.4 Å². The topological polar surface area (TPSA) is 57.6 Å². The van der Waals surface area contributed by atoms with Crippen LogP contribution in [0.3, 0.4) is 0 Å². The minimum atomic E-state index is -3.32. The quantitative estimate of drug-likeness (QED) is 0.882. The van der Waals surface area contributed by atoms with Crippen molar-refractivity contribution in [2.75, 3.05) is 18.9 Å². The third-order valence-electron chi connectivity index (χ3n) is 2.93. The third kappa shape index (κ3) is 2.02. The van der Waals surface area contributed by atoms with Crippen LogP contribution in [0.5, 0.6) is 0 Å². The highest BCUT2D eigenvalue weighted by Crippen LogP contribution is 2.34. The first-order valence-corrected chi connectivity index (χ1v) is 7.72. The Hall–Kier alpha value is -0.430. The molecular formula is C10H15NO3S2. The maximum absolute atomic E-state index is 11.9. The van der Waals surface area contributed by atoms with Crippen LogP contribution in [0.1, 0.15) is 23.4 Å². The number of thiophene rings is 1. The van der Waals surface area contributed by atoms with E-state index in [1.165, 1.54) is 9.18 Å². The molecule has 1 aliphatic heterocycles. The zero-order chi connectivity index (χ0) is 11.8. The van der Waals surface area contributed by atoms with Crippen LogP contribution < -0.4 is 0 Å². The zero-order valence-electron chi connectivity index (χ0n) is 9.09. The van der Waals surface area contributed by atoms with Gasteiger partial charge in [0.2, 0.25) is 10.0 Å². The normalized spacial score (nSPS) is 22.0. The van der Waals surface area contributed by atoms with Crippen molar-refractivity contribution < 1.29 is 13.5 Å². The lowest BCUT2D eigenvalue weighted by atomic mass is 10.0. The second kappa shape index (κ2) is 4.44. The Bertz CT molecular complexity index is 466. The molecule has 0 aliphatic carbocycles. The molecule has 4 nitrogen and oxygen atoms in total. The average Bonchev–Trinajstić information content (AvgIpc) is 2.66. The minimum Gasteiger partial charge on any atom is -0.395 e. The van der Waals surface area contributed by atoms with Gasteiger partial charge in [-0.25, -0.2) is 8.42 Å². The zero-order valence-corrected chi connectivity index (χ0v) is 10.7. The van der Waals surface area contributed by atoms with E-state index in [1.54, 1.807) is 11.3 Å². The molecule has 6 heteroatoms.